The average Bonchev–Trinajstić information content (AvgIpc) is 3.01. The molecule has 5 heteroatoms. The van der Waals surface area contributed by atoms with Gasteiger partial charge in [0.25, 0.3) is 0 Å². The summed E-state index contributed by atoms with van der Waals surface area (Å²) in [6.45, 7) is 4.18. The van der Waals surface area contributed by atoms with Gasteiger partial charge in [0.05, 0.1) is 10.0 Å². The van der Waals surface area contributed by atoms with Crippen molar-refractivity contribution in [3.05, 3.63) is 33.8 Å². The largest absolute Gasteiger partial charge is 0.344 e. The lowest BCUT2D eigenvalue weighted by Gasteiger charge is -2.21. The highest BCUT2D eigenvalue weighted by Gasteiger charge is 2.14. The standard InChI is InChI=1S/C17H24Cl2N2O/c1-20(11-12-21-9-2-3-10-21)17(22)6-4-5-14-7-8-15(18)16(19)13-14/h7-8,13H,2-6,9-12H2,1H3. The van der Waals surface area contributed by atoms with Gasteiger partial charge in [-0.25, -0.2) is 0 Å². The number of nitrogens with zero attached hydrogens (tertiary/aromatic N) is 2. The predicted octanol–water partition coefficient (Wildman–Crippen LogP) is 3.87. The summed E-state index contributed by atoms with van der Waals surface area (Å²) in [6, 6.07) is 5.66. The fraction of sp³-hybridized carbons (Fsp3) is 0.588. The number of likely N-dealkylation sites (N-methyl/N-ethyl adjacent to an activating group) is 1. The summed E-state index contributed by atoms with van der Waals surface area (Å²) >= 11 is 11.9. The van der Waals surface area contributed by atoms with Crippen LogP contribution >= 0.6 is 23.2 Å². The molecule has 0 aliphatic carbocycles. The smallest absolute Gasteiger partial charge is 0.222 e. The van der Waals surface area contributed by atoms with Crippen molar-refractivity contribution in [2.24, 2.45) is 0 Å². The Morgan fingerprint density at radius 2 is 1.95 bits per heavy atom. The van der Waals surface area contributed by atoms with Crippen LogP contribution in [0.1, 0.15) is 31.2 Å². The maximum Gasteiger partial charge on any atom is 0.222 e. The fourth-order valence-electron chi connectivity index (χ4n) is 2.75. The molecule has 1 aliphatic rings. The van der Waals surface area contributed by atoms with Gasteiger partial charge in [0.2, 0.25) is 5.91 Å². The Hall–Kier alpha value is -0.770. The maximum atomic E-state index is 12.1. The number of amides is 1. The normalized spacial score (nSPS) is 15.2. The van der Waals surface area contributed by atoms with Crippen LogP contribution in [0.4, 0.5) is 0 Å². The summed E-state index contributed by atoms with van der Waals surface area (Å²) in [5.74, 6) is 0.222. The first-order valence-corrected chi connectivity index (χ1v) is 8.72. The Morgan fingerprint density at radius 3 is 2.64 bits per heavy atom. The third-order valence-corrected chi connectivity index (χ3v) is 4.96. The molecule has 1 saturated heterocycles. The van der Waals surface area contributed by atoms with Gasteiger partial charge in [-0.15, -0.1) is 0 Å². The zero-order valence-electron chi connectivity index (χ0n) is 13.2. The van der Waals surface area contributed by atoms with Gasteiger partial charge in [0, 0.05) is 26.6 Å². The van der Waals surface area contributed by atoms with Gasteiger partial charge in [-0.1, -0.05) is 29.3 Å². The molecule has 0 radical (unpaired) electrons. The molecule has 0 N–H and O–H groups in total. The van der Waals surface area contributed by atoms with Crippen LogP contribution in [-0.4, -0.2) is 48.9 Å². The molecule has 22 heavy (non-hydrogen) atoms. The van der Waals surface area contributed by atoms with E-state index in [9.17, 15) is 4.79 Å². The highest BCUT2D eigenvalue weighted by Crippen LogP contribution is 2.23. The van der Waals surface area contributed by atoms with E-state index in [1.54, 1.807) is 0 Å². The Balaban J connectivity index is 1.66. The lowest BCUT2D eigenvalue weighted by molar-refractivity contribution is -0.130. The second-order valence-corrected chi connectivity index (χ2v) is 6.78. The fourth-order valence-corrected chi connectivity index (χ4v) is 3.07. The summed E-state index contributed by atoms with van der Waals surface area (Å²) in [7, 11) is 1.90. The maximum absolute atomic E-state index is 12.1. The Kier molecular flexibility index (Phi) is 7.00. The van der Waals surface area contributed by atoms with Crippen molar-refractivity contribution in [1.82, 2.24) is 9.80 Å². The number of carbonyl (C=O) groups is 1. The van der Waals surface area contributed by atoms with Gasteiger partial charge < -0.3 is 9.80 Å². The van der Waals surface area contributed by atoms with E-state index in [1.807, 2.05) is 30.1 Å². The first-order valence-electron chi connectivity index (χ1n) is 7.96. The minimum atomic E-state index is 0.222. The molecule has 1 fully saturated rings. The minimum Gasteiger partial charge on any atom is -0.344 e. The molecule has 0 spiro atoms. The molecule has 1 aromatic carbocycles. The molecule has 1 aliphatic heterocycles. The van der Waals surface area contributed by atoms with Crippen molar-refractivity contribution < 1.29 is 4.79 Å². The number of aryl methyl sites for hydroxylation is 1. The van der Waals surface area contributed by atoms with Crippen LogP contribution < -0.4 is 0 Å². The van der Waals surface area contributed by atoms with Crippen LogP contribution in [-0.2, 0) is 11.2 Å². The number of hydrogen-bond acceptors (Lipinski definition) is 2. The first-order chi connectivity index (χ1) is 10.6. The topological polar surface area (TPSA) is 23.6 Å². The van der Waals surface area contributed by atoms with Crippen molar-refractivity contribution in [3.63, 3.8) is 0 Å². The number of hydrogen-bond donors (Lipinski definition) is 0. The summed E-state index contributed by atoms with van der Waals surface area (Å²) in [6.07, 6.45) is 4.85. The summed E-state index contributed by atoms with van der Waals surface area (Å²) in [5, 5.41) is 1.15. The van der Waals surface area contributed by atoms with Crippen LogP contribution in [0.25, 0.3) is 0 Å². The third kappa shape index (κ3) is 5.45. The molecular formula is C17H24Cl2N2O. The Labute approximate surface area is 143 Å². The second-order valence-electron chi connectivity index (χ2n) is 5.97. The van der Waals surface area contributed by atoms with Gasteiger partial charge in [0.1, 0.15) is 0 Å². The number of carbonyl (C=O) groups excluding carboxylic acids is 1. The van der Waals surface area contributed by atoms with Crippen LogP contribution in [0.15, 0.2) is 18.2 Å². The molecular weight excluding hydrogens is 319 g/mol. The number of likely N-dealkylation sites (tertiary alicyclic amines) is 1. The lowest BCUT2D eigenvalue weighted by atomic mass is 10.1. The monoisotopic (exact) mass is 342 g/mol. The lowest BCUT2D eigenvalue weighted by Crippen LogP contribution is -2.35. The van der Waals surface area contributed by atoms with E-state index in [4.69, 9.17) is 23.2 Å². The van der Waals surface area contributed by atoms with Crippen molar-refractivity contribution in [3.8, 4) is 0 Å². The molecule has 1 heterocycles. The minimum absolute atomic E-state index is 0.222. The van der Waals surface area contributed by atoms with E-state index < -0.39 is 0 Å². The van der Waals surface area contributed by atoms with E-state index in [0.29, 0.717) is 16.5 Å². The van der Waals surface area contributed by atoms with E-state index in [2.05, 4.69) is 4.90 Å². The highest BCUT2D eigenvalue weighted by atomic mass is 35.5. The highest BCUT2D eigenvalue weighted by molar-refractivity contribution is 6.42. The molecule has 0 atom stereocenters. The van der Waals surface area contributed by atoms with Crippen LogP contribution in [0, 0.1) is 0 Å². The van der Waals surface area contributed by atoms with Crippen molar-refractivity contribution in [2.75, 3.05) is 33.2 Å². The number of benzene rings is 1. The molecule has 0 bridgehead atoms. The van der Waals surface area contributed by atoms with Gasteiger partial charge in [-0.3, -0.25) is 4.79 Å². The zero-order chi connectivity index (χ0) is 15.9. The first kappa shape index (κ1) is 17.6. The number of halogens is 2. The molecule has 0 unspecified atom stereocenters. The third-order valence-electron chi connectivity index (χ3n) is 4.22. The summed E-state index contributed by atoms with van der Waals surface area (Å²) in [4.78, 5) is 16.4. The molecule has 122 valence electrons. The van der Waals surface area contributed by atoms with Crippen LogP contribution in [0.2, 0.25) is 10.0 Å². The molecule has 1 amide bonds. The molecule has 2 rings (SSSR count). The van der Waals surface area contributed by atoms with Crippen LogP contribution in [0.3, 0.4) is 0 Å². The molecule has 0 aromatic heterocycles. The Bertz CT molecular complexity index is 501. The Morgan fingerprint density at radius 1 is 1.23 bits per heavy atom. The van der Waals surface area contributed by atoms with Crippen molar-refractivity contribution >= 4 is 29.1 Å². The van der Waals surface area contributed by atoms with E-state index in [-0.39, 0.29) is 5.91 Å². The molecule has 3 nitrogen and oxygen atoms in total. The quantitative estimate of drug-likeness (QED) is 0.750. The van der Waals surface area contributed by atoms with Crippen LogP contribution in [0.5, 0.6) is 0 Å². The summed E-state index contributed by atoms with van der Waals surface area (Å²) in [5.41, 5.74) is 1.13. The van der Waals surface area contributed by atoms with Gasteiger partial charge >= 0.3 is 0 Å². The van der Waals surface area contributed by atoms with Crippen molar-refractivity contribution in [2.45, 2.75) is 32.1 Å². The SMILES string of the molecule is CN(CCN1CCCC1)C(=O)CCCc1ccc(Cl)c(Cl)c1. The summed E-state index contributed by atoms with van der Waals surface area (Å²) < 4.78 is 0. The van der Waals surface area contributed by atoms with Crippen molar-refractivity contribution in [1.29, 1.82) is 0 Å². The average molecular weight is 343 g/mol. The van der Waals surface area contributed by atoms with Gasteiger partial charge in [-0.2, -0.15) is 0 Å². The van der Waals surface area contributed by atoms with E-state index >= 15 is 0 Å². The van der Waals surface area contributed by atoms with E-state index in [0.717, 1.165) is 31.5 Å². The van der Waals surface area contributed by atoms with Gasteiger partial charge in [0.15, 0.2) is 0 Å². The zero-order valence-corrected chi connectivity index (χ0v) is 14.7. The number of rotatable bonds is 7. The van der Waals surface area contributed by atoms with E-state index in [1.165, 1.54) is 25.9 Å². The molecule has 1 aromatic rings. The molecule has 0 saturated carbocycles. The second kappa shape index (κ2) is 8.76. The van der Waals surface area contributed by atoms with Gasteiger partial charge in [-0.05, 0) is 56.5 Å². The predicted molar refractivity (Wildman–Crippen MR) is 92.7 cm³/mol.